The predicted molar refractivity (Wildman–Crippen MR) is 130 cm³/mol. The number of alkyl halides is 1. The third-order valence-corrected chi connectivity index (χ3v) is 8.99. The first-order valence-electron chi connectivity index (χ1n) is 12.0. The molecule has 0 N–H and O–H groups in total. The van der Waals surface area contributed by atoms with E-state index in [1.807, 2.05) is 30.3 Å². The lowest BCUT2D eigenvalue weighted by Crippen LogP contribution is -2.65. The minimum absolute atomic E-state index is 0.122. The quantitative estimate of drug-likeness (QED) is 0.242. The third kappa shape index (κ3) is 4.26. The molecule has 4 nitrogen and oxygen atoms in total. The Hall–Kier alpha value is -1.01. The van der Waals surface area contributed by atoms with E-state index in [2.05, 4.69) is 34.3 Å². The minimum atomic E-state index is -0.450. The second-order valence-corrected chi connectivity index (χ2v) is 11.3. The smallest absolute Gasteiger partial charge is 0.479 e. The number of halogens is 1. The molecule has 0 amide bonds. The van der Waals surface area contributed by atoms with Gasteiger partial charge in [0.05, 0.1) is 36.8 Å². The summed E-state index contributed by atoms with van der Waals surface area (Å²) in [6.45, 7) is 13.5. The molecular formula is C26H38BClO4. The van der Waals surface area contributed by atoms with Crippen molar-refractivity contribution in [2.24, 2.45) is 23.2 Å². The van der Waals surface area contributed by atoms with Crippen molar-refractivity contribution in [3.05, 3.63) is 42.5 Å². The lowest BCUT2D eigenvalue weighted by molar-refractivity contribution is -0.199. The topological polar surface area (TPSA) is 36.9 Å². The molecular weight excluding hydrogens is 423 g/mol. The molecule has 6 heteroatoms. The number of methoxy groups -OCH3 is 1. The molecule has 4 aliphatic rings. The van der Waals surface area contributed by atoms with Crippen molar-refractivity contribution in [3.8, 4) is 5.75 Å². The summed E-state index contributed by atoms with van der Waals surface area (Å²) in [5.41, 5.74) is 1.14. The molecule has 1 aromatic carbocycles. The van der Waals surface area contributed by atoms with E-state index >= 15 is 0 Å². The van der Waals surface area contributed by atoms with Crippen LogP contribution in [-0.2, 0) is 20.7 Å². The third-order valence-electron chi connectivity index (χ3n) is 8.53. The van der Waals surface area contributed by atoms with Gasteiger partial charge in [-0.3, -0.25) is 0 Å². The summed E-state index contributed by atoms with van der Waals surface area (Å²) in [4.78, 5) is 0. The zero-order valence-corrected chi connectivity index (χ0v) is 20.9. The highest BCUT2D eigenvalue weighted by Crippen LogP contribution is 2.65. The average molecular weight is 461 g/mol. The van der Waals surface area contributed by atoms with E-state index in [4.69, 9.17) is 30.4 Å². The SMILES string of the molecule is C=CCC[C@@H](C)[C@H](OCc1ccc(OC)cc1)[C@@H](Cl)B1O[C@@H]2C[C@@H]3C[C@@H](C3(C)C)[C@]2(C)O1. The fourth-order valence-electron chi connectivity index (χ4n) is 6.22. The lowest BCUT2D eigenvalue weighted by Gasteiger charge is -2.64. The summed E-state index contributed by atoms with van der Waals surface area (Å²) in [7, 11) is 1.22. The maximum atomic E-state index is 7.08. The van der Waals surface area contributed by atoms with Gasteiger partial charge < -0.3 is 18.8 Å². The number of hydrogen-bond donors (Lipinski definition) is 0. The minimum Gasteiger partial charge on any atom is -0.497 e. The van der Waals surface area contributed by atoms with Gasteiger partial charge in [0.15, 0.2) is 0 Å². The van der Waals surface area contributed by atoms with Gasteiger partial charge in [-0.1, -0.05) is 39.0 Å². The molecule has 4 fully saturated rings. The Morgan fingerprint density at radius 3 is 2.59 bits per heavy atom. The summed E-state index contributed by atoms with van der Waals surface area (Å²) in [6.07, 6.45) is 6.07. The van der Waals surface area contributed by atoms with Gasteiger partial charge in [0, 0.05) is 0 Å². The fourth-order valence-corrected chi connectivity index (χ4v) is 6.65. The van der Waals surface area contributed by atoms with Crippen molar-refractivity contribution in [2.75, 3.05) is 7.11 Å². The maximum absolute atomic E-state index is 7.08. The van der Waals surface area contributed by atoms with Gasteiger partial charge >= 0.3 is 7.12 Å². The van der Waals surface area contributed by atoms with Crippen LogP contribution in [0.3, 0.4) is 0 Å². The number of benzene rings is 1. The van der Waals surface area contributed by atoms with E-state index in [0.717, 1.165) is 36.5 Å². The lowest BCUT2D eigenvalue weighted by atomic mass is 9.43. The van der Waals surface area contributed by atoms with Crippen LogP contribution in [0.2, 0.25) is 0 Å². The van der Waals surface area contributed by atoms with Gasteiger partial charge in [-0.15, -0.1) is 18.2 Å². The first-order chi connectivity index (χ1) is 15.2. The molecule has 1 saturated heterocycles. The van der Waals surface area contributed by atoms with Crippen LogP contribution in [0.15, 0.2) is 36.9 Å². The van der Waals surface area contributed by atoms with Gasteiger partial charge in [0.25, 0.3) is 0 Å². The van der Waals surface area contributed by atoms with Crippen LogP contribution in [0.25, 0.3) is 0 Å². The number of ether oxygens (including phenoxy) is 2. The van der Waals surface area contributed by atoms with Crippen molar-refractivity contribution in [1.29, 1.82) is 0 Å². The fraction of sp³-hybridized carbons (Fsp3) is 0.692. The van der Waals surface area contributed by atoms with E-state index in [1.165, 1.54) is 6.42 Å². The molecule has 1 heterocycles. The highest BCUT2D eigenvalue weighted by atomic mass is 35.5. The first kappa shape index (κ1) is 24.1. The summed E-state index contributed by atoms with van der Waals surface area (Å²) in [6, 6.07) is 7.97. The largest absolute Gasteiger partial charge is 0.497 e. The van der Waals surface area contributed by atoms with Gasteiger partial charge in [-0.05, 0) is 73.5 Å². The van der Waals surface area contributed by atoms with Crippen molar-refractivity contribution in [1.82, 2.24) is 0 Å². The standard InChI is InChI=1S/C26H38BClO4/c1-7-8-9-17(2)23(30-16-18-10-12-20(29-6)13-11-18)24(28)27-31-22-15-19-14-21(25(19,3)4)26(22,5)32-27/h7,10-13,17,19,21-24H,1,8-9,14-16H2,2-6H3/t17-,19+,21+,22-,23+,24-,26+/m1/s1. The average Bonchev–Trinajstić information content (AvgIpc) is 3.15. The Labute approximate surface area is 199 Å². The molecule has 5 rings (SSSR count). The molecule has 7 atom stereocenters. The summed E-state index contributed by atoms with van der Waals surface area (Å²) in [5, 5.41) is -0.379. The second-order valence-electron chi connectivity index (χ2n) is 10.7. The molecule has 3 saturated carbocycles. The van der Waals surface area contributed by atoms with E-state index in [9.17, 15) is 0 Å². The van der Waals surface area contributed by atoms with Crippen molar-refractivity contribution in [2.45, 2.75) is 83.1 Å². The van der Waals surface area contributed by atoms with E-state index < -0.39 is 7.12 Å². The normalized spacial score (nSPS) is 33.1. The zero-order valence-electron chi connectivity index (χ0n) is 20.2. The van der Waals surface area contributed by atoms with E-state index in [0.29, 0.717) is 17.9 Å². The highest BCUT2D eigenvalue weighted by Gasteiger charge is 2.68. The van der Waals surface area contributed by atoms with E-state index in [1.54, 1.807) is 7.11 Å². The molecule has 2 bridgehead atoms. The number of allylic oxidation sites excluding steroid dienone is 1. The maximum Gasteiger partial charge on any atom is 0.479 e. The van der Waals surface area contributed by atoms with E-state index in [-0.39, 0.29) is 29.0 Å². The zero-order chi connectivity index (χ0) is 23.1. The second kappa shape index (κ2) is 9.33. The Balaban J connectivity index is 1.46. The van der Waals surface area contributed by atoms with Crippen LogP contribution in [0.4, 0.5) is 0 Å². The highest BCUT2D eigenvalue weighted by molar-refractivity contribution is 6.60. The molecule has 176 valence electrons. The number of hydrogen-bond acceptors (Lipinski definition) is 4. The van der Waals surface area contributed by atoms with Gasteiger partial charge in [-0.25, -0.2) is 0 Å². The molecule has 3 aliphatic carbocycles. The monoisotopic (exact) mass is 460 g/mol. The Morgan fingerprint density at radius 1 is 1.25 bits per heavy atom. The van der Waals surface area contributed by atoms with Crippen molar-refractivity contribution in [3.63, 3.8) is 0 Å². The Bertz CT molecular complexity index is 800. The Kier molecular flexibility index (Phi) is 7.03. The van der Waals surface area contributed by atoms with Crippen LogP contribution in [0.5, 0.6) is 5.75 Å². The molecule has 1 aliphatic heterocycles. The molecule has 0 unspecified atom stereocenters. The van der Waals surface area contributed by atoms with Gasteiger partial charge in [0.1, 0.15) is 5.75 Å². The van der Waals surface area contributed by atoms with Gasteiger partial charge in [0.2, 0.25) is 0 Å². The Morgan fingerprint density at radius 2 is 1.97 bits per heavy atom. The summed E-state index contributed by atoms with van der Waals surface area (Å²) in [5.74, 6) is 2.33. The molecule has 0 aromatic heterocycles. The molecule has 1 aromatic rings. The van der Waals surface area contributed by atoms with Crippen LogP contribution < -0.4 is 4.74 Å². The van der Waals surface area contributed by atoms with Crippen LogP contribution in [0, 0.1) is 23.2 Å². The van der Waals surface area contributed by atoms with Crippen LogP contribution in [0.1, 0.15) is 58.9 Å². The van der Waals surface area contributed by atoms with Crippen LogP contribution in [-0.4, -0.2) is 37.3 Å². The first-order valence-corrected chi connectivity index (χ1v) is 12.5. The van der Waals surface area contributed by atoms with Crippen molar-refractivity contribution >= 4 is 18.7 Å². The summed E-state index contributed by atoms with van der Waals surface area (Å²) >= 11 is 7.08. The van der Waals surface area contributed by atoms with Crippen LogP contribution >= 0.6 is 11.6 Å². The van der Waals surface area contributed by atoms with Crippen molar-refractivity contribution < 1.29 is 18.8 Å². The molecule has 0 radical (unpaired) electrons. The summed E-state index contributed by atoms with van der Waals surface area (Å²) < 4.78 is 24.8. The molecule has 32 heavy (non-hydrogen) atoms. The predicted octanol–water partition coefficient (Wildman–Crippen LogP) is 6.06. The van der Waals surface area contributed by atoms with Gasteiger partial charge in [-0.2, -0.15) is 0 Å². The molecule has 0 spiro atoms. The number of rotatable bonds is 10.